The van der Waals surface area contributed by atoms with Gasteiger partial charge in [0.05, 0.1) is 0 Å². The van der Waals surface area contributed by atoms with Crippen LogP contribution in [0, 0.1) is 12.3 Å². The summed E-state index contributed by atoms with van der Waals surface area (Å²) in [6.45, 7) is 11.2. The van der Waals surface area contributed by atoms with Gasteiger partial charge in [0, 0.05) is 44.5 Å². The van der Waals surface area contributed by atoms with Crippen LogP contribution < -0.4 is 26.2 Å². The summed E-state index contributed by atoms with van der Waals surface area (Å²) >= 11 is 0. The number of amides is 1. The van der Waals surface area contributed by atoms with Crippen molar-refractivity contribution in [3.05, 3.63) is 29.3 Å². The quantitative estimate of drug-likeness (QED) is 0.535. The Morgan fingerprint density at radius 1 is 1.23 bits per heavy atom. The van der Waals surface area contributed by atoms with Crippen molar-refractivity contribution in [3.8, 4) is 0 Å². The third kappa shape index (κ3) is 6.27. The summed E-state index contributed by atoms with van der Waals surface area (Å²) in [7, 11) is 3.61. The number of nitrogens with one attached hydrogen (secondary N) is 4. The van der Waals surface area contributed by atoms with Gasteiger partial charge in [-0.2, -0.15) is 15.0 Å². The summed E-state index contributed by atoms with van der Waals surface area (Å²) in [6, 6.07) is 5.80. The Hall–Kier alpha value is -2.94. The van der Waals surface area contributed by atoms with Gasteiger partial charge in [-0.3, -0.25) is 4.79 Å². The van der Waals surface area contributed by atoms with E-state index in [9.17, 15) is 4.79 Å². The first kappa shape index (κ1) is 22.7. The zero-order valence-corrected chi connectivity index (χ0v) is 19.3. The lowest BCUT2D eigenvalue weighted by Crippen LogP contribution is -2.31. The van der Waals surface area contributed by atoms with Crippen LogP contribution in [0.2, 0.25) is 0 Å². The number of carbonyl (C=O) groups excluding carboxylic acids is 1. The van der Waals surface area contributed by atoms with E-state index < -0.39 is 0 Å². The lowest BCUT2D eigenvalue weighted by Gasteiger charge is -2.27. The van der Waals surface area contributed by atoms with Crippen LogP contribution in [0.1, 0.15) is 43.1 Å². The second kappa shape index (κ2) is 9.47. The molecule has 0 spiro atoms. The molecule has 0 aliphatic carbocycles. The Morgan fingerprint density at radius 3 is 2.61 bits per heavy atom. The zero-order chi connectivity index (χ0) is 22.6. The summed E-state index contributed by atoms with van der Waals surface area (Å²) in [6.07, 6.45) is 1.02. The van der Waals surface area contributed by atoms with Gasteiger partial charge < -0.3 is 26.2 Å². The van der Waals surface area contributed by atoms with Gasteiger partial charge in [0.1, 0.15) is 0 Å². The van der Waals surface area contributed by atoms with Gasteiger partial charge in [-0.15, -0.1) is 0 Å². The second-order valence-electron chi connectivity index (χ2n) is 9.27. The van der Waals surface area contributed by atoms with Crippen molar-refractivity contribution in [2.75, 3.05) is 49.3 Å². The fraction of sp³-hybridized carbons (Fsp3) is 0.545. The summed E-state index contributed by atoms with van der Waals surface area (Å²) in [5.74, 6) is 1.44. The van der Waals surface area contributed by atoms with E-state index in [1.165, 1.54) is 0 Å². The first-order valence-corrected chi connectivity index (χ1v) is 10.7. The molecular weight excluding hydrogens is 392 g/mol. The molecule has 1 aliphatic rings. The molecule has 1 aromatic carbocycles. The molecule has 0 unspecified atom stereocenters. The maximum absolute atomic E-state index is 12.1. The Morgan fingerprint density at radius 2 is 1.97 bits per heavy atom. The van der Waals surface area contributed by atoms with E-state index in [0.717, 1.165) is 37.3 Å². The Kier molecular flexibility index (Phi) is 6.94. The van der Waals surface area contributed by atoms with Gasteiger partial charge in [-0.1, -0.05) is 26.8 Å². The lowest BCUT2D eigenvalue weighted by molar-refractivity contribution is 0.0963. The molecule has 3 rings (SSSR count). The molecule has 4 N–H and O–H groups in total. The molecule has 1 atom stereocenters. The number of nitrogens with zero attached hydrogens (tertiary/aromatic N) is 4. The monoisotopic (exact) mass is 426 g/mol. The Labute approximate surface area is 184 Å². The number of benzene rings is 1. The maximum Gasteiger partial charge on any atom is 0.251 e. The molecule has 168 valence electrons. The average Bonchev–Trinajstić information content (AvgIpc) is 3.20. The van der Waals surface area contributed by atoms with Gasteiger partial charge >= 0.3 is 0 Å². The molecule has 9 nitrogen and oxygen atoms in total. The van der Waals surface area contributed by atoms with E-state index in [1.807, 2.05) is 31.0 Å². The highest BCUT2D eigenvalue weighted by Gasteiger charge is 2.20. The van der Waals surface area contributed by atoms with E-state index in [1.54, 1.807) is 13.1 Å². The first-order chi connectivity index (χ1) is 14.6. The number of anilines is 4. The smallest absolute Gasteiger partial charge is 0.251 e. The van der Waals surface area contributed by atoms with Crippen molar-refractivity contribution >= 4 is 29.4 Å². The van der Waals surface area contributed by atoms with E-state index in [-0.39, 0.29) is 17.4 Å². The third-order valence-electron chi connectivity index (χ3n) is 5.04. The summed E-state index contributed by atoms with van der Waals surface area (Å²) in [5, 5.41) is 12.7. The highest BCUT2D eigenvalue weighted by Crippen LogP contribution is 2.24. The van der Waals surface area contributed by atoms with Crippen molar-refractivity contribution < 1.29 is 4.79 Å². The fourth-order valence-electron chi connectivity index (χ4n) is 3.56. The minimum Gasteiger partial charge on any atom is -0.355 e. The minimum atomic E-state index is -0.139. The summed E-state index contributed by atoms with van der Waals surface area (Å²) in [5.41, 5.74) is 2.44. The number of hydrogen-bond donors (Lipinski definition) is 4. The molecule has 0 saturated carbocycles. The van der Waals surface area contributed by atoms with Crippen LogP contribution in [0.4, 0.5) is 23.5 Å². The molecule has 1 amide bonds. The molecular formula is C22H34N8O. The largest absolute Gasteiger partial charge is 0.355 e. The van der Waals surface area contributed by atoms with Crippen molar-refractivity contribution in [3.63, 3.8) is 0 Å². The molecule has 1 aliphatic heterocycles. The topological polar surface area (TPSA) is 107 Å². The van der Waals surface area contributed by atoms with Crippen molar-refractivity contribution in [2.45, 2.75) is 40.2 Å². The first-order valence-electron chi connectivity index (χ1n) is 10.7. The SMILES string of the molecule is CNC(=O)c1ccc(C)c(Nc2nc(N[C@H]3CCNC3)nc(N(C)CC(C)(C)C)n2)c1. The minimum absolute atomic E-state index is 0.0936. The Balaban J connectivity index is 1.92. The molecule has 31 heavy (non-hydrogen) atoms. The molecule has 2 aromatic rings. The van der Waals surface area contributed by atoms with Gasteiger partial charge in [0.2, 0.25) is 17.8 Å². The van der Waals surface area contributed by atoms with Crippen molar-refractivity contribution in [1.29, 1.82) is 0 Å². The summed E-state index contributed by atoms with van der Waals surface area (Å²) < 4.78 is 0. The number of rotatable bonds is 7. The predicted octanol–water partition coefficient (Wildman–Crippen LogP) is 2.54. The molecule has 2 heterocycles. The van der Waals surface area contributed by atoms with Gasteiger partial charge in [-0.05, 0) is 43.0 Å². The van der Waals surface area contributed by atoms with Crippen LogP contribution in [0.15, 0.2) is 18.2 Å². The number of aryl methyl sites for hydroxylation is 1. The standard InChI is InChI=1S/C22H34N8O/c1-14-7-8-15(18(31)23-5)11-17(14)26-20-27-19(25-16-9-10-24-12-16)28-21(29-20)30(6)13-22(2,3)4/h7-8,11,16,24H,9-10,12-13H2,1-6H3,(H,23,31)(H2,25,26,27,28,29)/t16-/m0/s1. The van der Waals surface area contributed by atoms with Crippen LogP contribution in [-0.4, -0.2) is 60.6 Å². The normalized spacial score (nSPS) is 16.1. The van der Waals surface area contributed by atoms with Crippen molar-refractivity contribution in [1.82, 2.24) is 25.6 Å². The highest BCUT2D eigenvalue weighted by atomic mass is 16.1. The van der Waals surface area contributed by atoms with Crippen molar-refractivity contribution in [2.24, 2.45) is 5.41 Å². The van der Waals surface area contributed by atoms with Crippen LogP contribution in [-0.2, 0) is 0 Å². The van der Waals surface area contributed by atoms with E-state index >= 15 is 0 Å². The average molecular weight is 427 g/mol. The van der Waals surface area contributed by atoms with Gasteiger partial charge in [0.25, 0.3) is 5.91 Å². The van der Waals surface area contributed by atoms with E-state index in [0.29, 0.717) is 23.4 Å². The highest BCUT2D eigenvalue weighted by molar-refractivity contribution is 5.95. The van der Waals surface area contributed by atoms with Crippen LogP contribution in [0.25, 0.3) is 0 Å². The molecule has 0 bridgehead atoms. The lowest BCUT2D eigenvalue weighted by atomic mass is 9.96. The number of hydrogen-bond acceptors (Lipinski definition) is 8. The second-order valence-corrected chi connectivity index (χ2v) is 9.27. The molecule has 1 saturated heterocycles. The molecule has 0 radical (unpaired) electrons. The van der Waals surface area contributed by atoms with Gasteiger partial charge in [-0.25, -0.2) is 0 Å². The van der Waals surface area contributed by atoms with Crippen LogP contribution in [0.5, 0.6) is 0 Å². The molecule has 1 fully saturated rings. The molecule has 9 heteroatoms. The number of carbonyl (C=O) groups is 1. The molecule has 1 aromatic heterocycles. The van der Waals surface area contributed by atoms with Crippen LogP contribution in [0.3, 0.4) is 0 Å². The Bertz CT molecular complexity index is 918. The van der Waals surface area contributed by atoms with Crippen LogP contribution >= 0.6 is 0 Å². The van der Waals surface area contributed by atoms with Gasteiger partial charge in [0.15, 0.2) is 0 Å². The third-order valence-corrected chi connectivity index (χ3v) is 5.04. The summed E-state index contributed by atoms with van der Waals surface area (Å²) in [4.78, 5) is 28.0. The zero-order valence-electron chi connectivity index (χ0n) is 19.3. The maximum atomic E-state index is 12.1. The number of aromatic nitrogens is 3. The predicted molar refractivity (Wildman–Crippen MR) is 125 cm³/mol. The van der Waals surface area contributed by atoms with E-state index in [4.69, 9.17) is 0 Å². The fourth-order valence-corrected chi connectivity index (χ4v) is 3.56. The van der Waals surface area contributed by atoms with E-state index in [2.05, 4.69) is 57.0 Å².